The minimum absolute atomic E-state index is 0.196. The van der Waals surface area contributed by atoms with Gasteiger partial charge in [0.25, 0.3) is 0 Å². The number of hydrogen-bond acceptors (Lipinski definition) is 3. The van der Waals surface area contributed by atoms with Gasteiger partial charge in [-0.05, 0) is 24.7 Å². The van der Waals surface area contributed by atoms with Crippen molar-refractivity contribution in [1.29, 1.82) is 0 Å². The summed E-state index contributed by atoms with van der Waals surface area (Å²) in [7, 11) is -3.19. The molecular weight excluding hydrogens is 238 g/mol. The Morgan fingerprint density at radius 1 is 1.47 bits per heavy atom. The van der Waals surface area contributed by atoms with Crippen LogP contribution in [0.2, 0.25) is 0 Å². The minimum atomic E-state index is -3.19. The van der Waals surface area contributed by atoms with E-state index in [4.69, 9.17) is 0 Å². The van der Waals surface area contributed by atoms with Crippen molar-refractivity contribution in [2.45, 2.75) is 46.1 Å². The third-order valence-corrected chi connectivity index (χ3v) is 5.66. The maximum absolute atomic E-state index is 12.1. The van der Waals surface area contributed by atoms with Crippen LogP contribution in [0, 0.1) is 11.8 Å². The van der Waals surface area contributed by atoms with Crippen LogP contribution in [0.5, 0.6) is 0 Å². The largest absolute Gasteiger partial charge is 0.391 e. The van der Waals surface area contributed by atoms with Gasteiger partial charge in [0.05, 0.1) is 11.9 Å². The first kappa shape index (κ1) is 14.9. The van der Waals surface area contributed by atoms with E-state index in [2.05, 4.69) is 6.92 Å². The molecule has 0 saturated carbocycles. The molecule has 1 aliphatic rings. The van der Waals surface area contributed by atoms with Gasteiger partial charge in [-0.3, -0.25) is 0 Å². The Kier molecular flexibility index (Phi) is 5.41. The van der Waals surface area contributed by atoms with Crippen molar-refractivity contribution in [3.05, 3.63) is 0 Å². The van der Waals surface area contributed by atoms with Crippen molar-refractivity contribution in [1.82, 2.24) is 4.31 Å². The van der Waals surface area contributed by atoms with E-state index < -0.39 is 16.1 Å². The molecule has 0 aromatic rings. The maximum Gasteiger partial charge on any atom is 0.214 e. The molecule has 4 nitrogen and oxygen atoms in total. The highest BCUT2D eigenvalue weighted by molar-refractivity contribution is 7.89. The van der Waals surface area contributed by atoms with Crippen molar-refractivity contribution >= 4 is 10.0 Å². The lowest BCUT2D eigenvalue weighted by molar-refractivity contribution is 0.0604. The highest BCUT2D eigenvalue weighted by Crippen LogP contribution is 2.21. The van der Waals surface area contributed by atoms with Crippen molar-refractivity contribution < 1.29 is 13.5 Å². The third kappa shape index (κ3) is 4.23. The van der Waals surface area contributed by atoms with Crippen LogP contribution in [0.15, 0.2) is 0 Å². The number of sulfonamides is 1. The fraction of sp³-hybridized carbons (Fsp3) is 1.00. The zero-order chi connectivity index (χ0) is 13.1. The molecule has 1 fully saturated rings. The van der Waals surface area contributed by atoms with Crippen molar-refractivity contribution in [2.24, 2.45) is 11.8 Å². The molecule has 1 N–H and O–H groups in total. The van der Waals surface area contributed by atoms with Crippen molar-refractivity contribution in [2.75, 3.05) is 18.8 Å². The topological polar surface area (TPSA) is 57.6 Å². The van der Waals surface area contributed by atoms with Gasteiger partial charge >= 0.3 is 0 Å². The summed E-state index contributed by atoms with van der Waals surface area (Å²) in [4.78, 5) is 0. The van der Waals surface area contributed by atoms with E-state index in [1.807, 2.05) is 13.8 Å². The highest BCUT2D eigenvalue weighted by Gasteiger charge is 2.32. The summed E-state index contributed by atoms with van der Waals surface area (Å²) in [5, 5.41) is 9.74. The quantitative estimate of drug-likeness (QED) is 0.817. The molecule has 0 spiro atoms. The number of piperidine rings is 1. The van der Waals surface area contributed by atoms with Crippen LogP contribution in [-0.4, -0.2) is 42.8 Å². The predicted molar refractivity (Wildman–Crippen MR) is 69.2 cm³/mol. The van der Waals surface area contributed by atoms with Gasteiger partial charge in [0.1, 0.15) is 0 Å². The summed E-state index contributed by atoms with van der Waals surface area (Å²) in [6.07, 6.45) is 2.19. The molecule has 3 atom stereocenters. The molecule has 0 amide bonds. The molecule has 17 heavy (non-hydrogen) atoms. The van der Waals surface area contributed by atoms with E-state index in [9.17, 15) is 13.5 Å². The second kappa shape index (κ2) is 6.16. The molecule has 1 heterocycles. The molecule has 102 valence electrons. The summed E-state index contributed by atoms with van der Waals surface area (Å²) < 4.78 is 25.7. The summed E-state index contributed by atoms with van der Waals surface area (Å²) in [5.74, 6) is 0.609. The Morgan fingerprint density at radius 2 is 2.12 bits per heavy atom. The van der Waals surface area contributed by atoms with Crippen LogP contribution in [0.1, 0.15) is 40.0 Å². The Morgan fingerprint density at radius 3 is 2.65 bits per heavy atom. The van der Waals surface area contributed by atoms with Crippen LogP contribution < -0.4 is 0 Å². The Hall–Kier alpha value is -0.130. The molecule has 3 unspecified atom stereocenters. The fourth-order valence-electron chi connectivity index (χ4n) is 2.31. The van der Waals surface area contributed by atoms with Gasteiger partial charge in [0.15, 0.2) is 0 Å². The maximum atomic E-state index is 12.1. The lowest BCUT2D eigenvalue weighted by Crippen LogP contribution is -2.47. The average molecular weight is 263 g/mol. The molecular formula is C12H25NO3S. The molecule has 1 saturated heterocycles. The SMILES string of the molecule is CCCC(C)CS(=O)(=O)N1CCC(C)C(O)C1. The van der Waals surface area contributed by atoms with Gasteiger partial charge in [-0.25, -0.2) is 8.42 Å². The van der Waals surface area contributed by atoms with E-state index in [1.54, 1.807) is 0 Å². The summed E-state index contributed by atoms with van der Waals surface area (Å²) in [6, 6.07) is 0. The van der Waals surface area contributed by atoms with Gasteiger partial charge in [0.2, 0.25) is 10.0 Å². The normalized spacial score (nSPS) is 29.2. The fourth-order valence-corrected chi connectivity index (χ4v) is 4.17. The first-order valence-corrected chi connectivity index (χ1v) is 8.13. The smallest absolute Gasteiger partial charge is 0.214 e. The average Bonchev–Trinajstić information content (AvgIpc) is 2.21. The molecule has 5 heteroatoms. The number of β-amino-alcohol motifs (C(OH)–C–C–N with tert-alkyl or cyclic N) is 1. The second-order valence-corrected chi connectivity index (χ2v) is 7.38. The number of rotatable bonds is 5. The second-order valence-electron chi connectivity index (χ2n) is 5.36. The molecule has 0 aromatic carbocycles. The van der Waals surface area contributed by atoms with Gasteiger partial charge in [-0.2, -0.15) is 4.31 Å². The first-order valence-electron chi connectivity index (χ1n) is 6.52. The van der Waals surface area contributed by atoms with Crippen LogP contribution in [0.25, 0.3) is 0 Å². The number of nitrogens with zero attached hydrogens (tertiary/aromatic N) is 1. The molecule has 0 aliphatic carbocycles. The zero-order valence-corrected chi connectivity index (χ0v) is 11.9. The van der Waals surface area contributed by atoms with Crippen molar-refractivity contribution in [3.63, 3.8) is 0 Å². The molecule has 0 bridgehead atoms. The van der Waals surface area contributed by atoms with E-state index in [1.165, 1.54) is 4.31 Å². The number of hydrogen-bond donors (Lipinski definition) is 1. The van der Waals surface area contributed by atoms with E-state index in [0.29, 0.717) is 6.54 Å². The summed E-state index contributed by atoms with van der Waals surface area (Å²) in [6.45, 7) is 6.83. The van der Waals surface area contributed by atoms with Crippen LogP contribution in [-0.2, 0) is 10.0 Å². The lowest BCUT2D eigenvalue weighted by Gasteiger charge is -2.34. The van der Waals surface area contributed by atoms with Gasteiger partial charge in [-0.1, -0.05) is 27.2 Å². The predicted octanol–water partition coefficient (Wildman–Crippen LogP) is 1.46. The van der Waals surface area contributed by atoms with Gasteiger partial charge in [0, 0.05) is 13.1 Å². The van der Waals surface area contributed by atoms with Crippen LogP contribution in [0.3, 0.4) is 0 Å². The summed E-state index contributed by atoms with van der Waals surface area (Å²) >= 11 is 0. The zero-order valence-electron chi connectivity index (χ0n) is 11.1. The standard InChI is InChI=1S/C12H25NO3S/c1-4-5-10(2)9-17(15,16)13-7-6-11(3)12(14)8-13/h10-12,14H,4-9H2,1-3H3. The van der Waals surface area contributed by atoms with E-state index >= 15 is 0 Å². The molecule has 0 radical (unpaired) electrons. The van der Waals surface area contributed by atoms with E-state index in [0.717, 1.165) is 19.3 Å². The molecule has 1 rings (SSSR count). The Balaban J connectivity index is 2.59. The van der Waals surface area contributed by atoms with Crippen molar-refractivity contribution in [3.8, 4) is 0 Å². The number of aliphatic hydroxyl groups excluding tert-OH is 1. The van der Waals surface area contributed by atoms with E-state index in [-0.39, 0.29) is 24.1 Å². The van der Waals surface area contributed by atoms with Crippen LogP contribution in [0.4, 0.5) is 0 Å². The molecule has 1 aliphatic heterocycles. The molecule has 0 aromatic heterocycles. The van der Waals surface area contributed by atoms with Crippen LogP contribution >= 0.6 is 0 Å². The Bertz CT molecular complexity index is 329. The minimum Gasteiger partial charge on any atom is -0.391 e. The first-order chi connectivity index (χ1) is 7.86. The third-order valence-electron chi connectivity index (χ3n) is 3.55. The highest BCUT2D eigenvalue weighted by atomic mass is 32.2. The van der Waals surface area contributed by atoms with Gasteiger partial charge in [-0.15, -0.1) is 0 Å². The van der Waals surface area contributed by atoms with Gasteiger partial charge < -0.3 is 5.11 Å². The summed E-state index contributed by atoms with van der Waals surface area (Å²) in [5.41, 5.74) is 0. The monoisotopic (exact) mass is 263 g/mol. The Labute approximate surface area is 105 Å². The number of aliphatic hydroxyl groups is 1. The lowest BCUT2D eigenvalue weighted by atomic mass is 9.98.